The van der Waals surface area contributed by atoms with E-state index in [1.54, 1.807) is 12.1 Å². The van der Waals surface area contributed by atoms with Gasteiger partial charge >= 0.3 is 0 Å². The maximum Gasteiger partial charge on any atom is 0.282 e. The molecule has 2 aliphatic rings. The van der Waals surface area contributed by atoms with E-state index in [1.165, 1.54) is 4.90 Å². The minimum atomic E-state index is -0.294. The summed E-state index contributed by atoms with van der Waals surface area (Å²) in [7, 11) is 3.91. The first-order valence-electron chi connectivity index (χ1n) is 10.5. The van der Waals surface area contributed by atoms with E-state index < -0.39 is 0 Å². The van der Waals surface area contributed by atoms with Gasteiger partial charge in [-0.25, -0.2) is 4.90 Å². The number of carbonyl (C=O) groups excluding carboxylic acids is 2. The van der Waals surface area contributed by atoms with Crippen LogP contribution >= 0.6 is 11.6 Å². The van der Waals surface area contributed by atoms with Gasteiger partial charge < -0.3 is 14.7 Å². The highest BCUT2D eigenvalue weighted by Crippen LogP contribution is 2.36. The molecule has 1 saturated heterocycles. The lowest BCUT2D eigenvalue weighted by Gasteiger charge is -2.36. The predicted octanol–water partition coefficient (Wildman–Crippen LogP) is 3.33. The number of piperazine rings is 1. The number of likely N-dealkylation sites (N-methyl/N-ethyl adjacent to an activating group) is 1. The Hall–Kier alpha value is -2.83. The van der Waals surface area contributed by atoms with E-state index in [1.807, 2.05) is 55.4 Å². The number of amides is 2. The second-order valence-electron chi connectivity index (χ2n) is 8.01. The summed E-state index contributed by atoms with van der Waals surface area (Å²) in [5, 5.41) is 0.593. The Bertz CT molecular complexity index is 1010. The van der Waals surface area contributed by atoms with Gasteiger partial charge in [-0.05, 0) is 48.5 Å². The van der Waals surface area contributed by atoms with E-state index in [0.717, 1.165) is 25.3 Å². The molecule has 2 amide bonds. The Morgan fingerprint density at radius 3 is 2.03 bits per heavy atom. The Kier molecular flexibility index (Phi) is 6.03. The van der Waals surface area contributed by atoms with Gasteiger partial charge in [-0.2, -0.15) is 0 Å². The van der Waals surface area contributed by atoms with Gasteiger partial charge in [0.15, 0.2) is 0 Å². The summed E-state index contributed by atoms with van der Waals surface area (Å²) in [5.41, 5.74) is 3.23. The summed E-state index contributed by atoms with van der Waals surface area (Å²) < 4.78 is 0. The largest absolute Gasteiger partial charge is 0.378 e. The smallest absolute Gasteiger partial charge is 0.282 e. The molecular formula is C24H27ClN4O2. The van der Waals surface area contributed by atoms with Crippen molar-refractivity contribution in [2.75, 3.05) is 56.6 Å². The van der Waals surface area contributed by atoms with Gasteiger partial charge in [0.05, 0.1) is 11.3 Å². The summed E-state index contributed by atoms with van der Waals surface area (Å²) in [6, 6.07) is 14.6. The number of anilines is 2. The molecule has 2 aromatic rings. The highest BCUT2D eigenvalue weighted by Gasteiger charge is 2.43. The lowest BCUT2D eigenvalue weighted by Crippen LogP contribution is -2.47. The van der Waals surface area contributed by atoms with E-state index in [9.17, 15) is 9.59 Å². The highest BCUT2D eigenvalue weighted by atomic mass is 35.5. The molecule has 2 aromatic carbocycles. The van der Waals surface area contributed by atoms with E-state index in [4.69, 9.17) is 11.6 Å². The molecule has 2 aliphatic heterocycles. The molecule has 7 heteroatoms. The van der Waals surface area contributed by atoms with Crippen LogP contribution in [0.4, 0.5) is 11.4 Å². The number of benzene rings is 2. The van der Waals surface area contributed by atoms with Crippen molar-refractivity contribution in [2.45, 2.75) is 6.92 Å². The molecule has 31 heavy (non-hydrogen) atoms. The van der Waals surface area contributed by atoms with Gasteiger partial charge in [-0.15, -0.1) is 0 Å². The van der Waals surface area contributed by atoms with Crippen LogP contribution in [0.25, 0.3) is 5.57 Å². The molecule has 0 bridgehead atoms. The summed E-state index contributed by atoms with van der Waals surface area (Å²) in [6.45, 7) is 6.28. The monoisotopic (exact) mass is 438 g/mol. The minimum absolute atomic E-state index is 0.266. The highest BCUT2D eigenvalue weighted by molar-refractivity contribution is 6.45. The van der Waals surface area contributed by atoms with Gasteiger partial charge in [-0.3, -0.25) is 9.59 Å². The molecule has 162 valence electrons. The summed E-state index contributed by atoms with van der Waals surface area (Å²) in [4.78, 5) is 34.8. The number of hydrogen-bond acceptors (Lipinski definition) is 5. The molecule has 0 atom stereocenters. The van der Waals surface area contributed by atoms with Crippen LogP contribution in [0.2, 0.25) is 5.02 Å². The van der Waals surface area contributed by atoms with Crippen LogP contribution in [0.5, 0.6) is 0 Å². The molecule has 0 spiro atoms. The standard InChI is InChI=1S/C24H27ClN4O2/c1-4-27-13-15-28(16-14-27)22-21(17-5-7-18(25)8-6-17)23(30)29(24(22)31)20-11-9-19(10-12-20)26(2)3/h5-12H,4,13-16H2,1-3H3. The second-order valence-corrected chi connectivity index (χ2v) is 8.44. The molecular weight excluding hydrogens is 412 g/mol. The van der Waals surface area contributed by atoms with Crippen molar-refractivity contribution in [3.05, 3.63) is 64.8 Å². The van der Waals surface area contributed by atoms with Crippen molar-refractivity contribution in [3.8, 4) is 0 Å². The lowest BCUT2D eigenvalue weighted by atomic mass is 10.0. The van der Waals surface area contributed by atoms with Gasteiger partial charge in [0.1, 0.15) is 5.70 Å². The third kappa shape index (κ3) is 4.05. The van der Waals surface area contributed by atoms with Crippen molar-refractivity contribution in [2.24, 2.45) is 0 Å². The van der Waals surface area contributed by atoms with Crippen molar-refractivity contribution < 1.29 is 9.59 Å². The van der Waals surface area contributed by atoms with Crippen LogP contribution in [0.3, 0.4) is 0 Å². The minimum Gasteiger partial charge on any atom is -0.378 e. The molecule has 0 N–H and O–H groups in total. The Morgan fingerprint density at radius 1 is 0.871 bits per heavy atom. The second kappa shape index (κ2) is 8.73. The first-order chi connectivity index (χ1) is 14.9. The molecule has 4 rings (SSSR count). The van der Waals surface area contributed by atoms with E-state index in [0.29, 0.717) is 40.6 Å². The fourth-order valence-electron chi connectivity index (χ4n) is 4.11. The quantitative estimate of drug-likeness (QED) is 0.670. The van der Waals surface area contributed by atoms with E-state index in [2.05, 4.69) is 16.7 Å². The number of carbonyl (C=O) groups is 2. The third-order valence-corrected chi connectivity index (χ3v) is 6.20. The molecule has 0 saturated carbocycles. The van der Waals surface area contributed by atoms with Crippen LogP contribution in [0, 0.1) is 0 Å². The molecule has 0 unspecified atom stereocenters. The molecule has 2 heterocycles. The van der Waals surface area contributed by atoms with Crippen molar-refractivity contribution >= 4 is 40.4 Å². The average Bonchev–Trinajstić information content (AvgIpc) is 3.04. The van der Waals surface area contributed by atoms with Crippen LogP contribution in [-0.2, 0) is 9.59 Å². The van der Waals surface area contributed by atoms with Gasteiger partial charge in [0.25, 0.3) is 11.8 Å². The van der Waals surface area contributed by atoms with E-state index in [-0.39, 0.29) is 11.8 Å². The van der Waals surface area contributed by atoms with Gasteiger partial charge in [0.2, 0.25) is 0 Å². The first-order valence-corrected chi connectivity index (χ1v) is 10.9. The lowest BCUT2D eigenvalue weighted by molar-refractivity contribution is -0.120. The maximum atomic E-state index is 13.6. The molecule has 1 fully saturated rings. The van der Waals surface area contributed by atoms with Crippen molar-refractivity contribution in [1.29, 1.82) is 0 Å². The summed E-state index contributed by atoms with van der Waals surface area (Å²) in [5.74, 6) is -0.560. The van der Waals surface area contributed by atoms with Crippen LogP contribution in [0.1, 0.15) is 12.5 Å². The molecule has 0 aromatic heterocycles. The zero-order chi connectivity index (χ0) is 22.1. The summed E-state index contributed by atoms with van der Waals surface area (Å²) in [6.07, 6.45) is 0. The zero-order valence-corrected chi connectivity index (χ0v) is 18.9. The molecule has 6 nitrogen and oxygen atoms in total. The Labute approximate surface area is 188 Å². The van der Waals surface area contributed by atoms with Crippen molar-refractivity contribution in [3.63, 3.8) is 0 Å². The number of nitrogens with zero attached hydrogens (tertiary/aromatic N) is 4. The molecule has 0 aliphatic carbocycles. The Balaban J connectivity index is 1.74. The predicted molar refractivity (Wildman–Crippen MR) is 125 cm³/mol. The average molecular weight is 439 g/mol. The fourth-order valence-corrected chi connectivity index (χ4v) is 4.24. The Morgan fingerprint density at radius 2 is 1.48 bits per heavy atom. The number of hydrogen-bond donors (Lipinski definition) is 0. The number of halogens is 1. The van der Waals surface area contributed by atoms with Crippen LogP contribution in [0.15, 0.2) is 54.2 Å². The first kappa shape index (κ1) is 21.4. The van der Waals surface area contributed by atoms with Gasteiger partial charge in [0, 0.05) is 51.0 Å². The van der Waals surface area contributed by atoms with Crippen LogP contribution in [-0.4, -0.2) is 68.4 Å². The third-order valence-electron chi connectivity index (χ3n) is 5.95. The summed E-state index contributed by atoms with van der Waals surface area (Å²) >= 11 is 6.07. The molecule has 0 radical (unpaired) electrons. The SMILES string of the molecule is CCN1CCN(C2=C(c3ccc(Cl)cc3)C(=O)N(c3ccc(N(C)C)cc3)C2=O)CC1. The maximum absolute atomic E-state index is 13.6. The normalized spacial score (nSPS) is 17.7. The number of imide groups is 1. The fraction of sp³-hybridized carbons (Fsp3) is 0.333. The van der Waals surface area contributed by atoms with Gasteiger partial charge in [-0.1, -0.05) is 30.7 Å². The number of rotatable bonds is 5. The van der Waals surface area contributed by atoms with Crippen LogP contribution < -0.4 is 9.80 Å². The topological polar surface area (TPSA) is 47.1 Å². The van der Waals surface area contributed by atoms with E-state index >= 15 is 0 Å². The zero-order valence-electron chi connectivity index (χ0n) is 18.1. The van der Waals surface area contributed by atoms with Crippen molar-refractivity contribution in [1.82, 2.24) is 9.80 Å².